The maximum Gasteiger partial charge on any atom is 0.329 e. The molecule has 0 aromatic heterocycles. The molecule has 2 aliphatic heterocycles. The van der Waals surface area contributed by atoms with Crippen molar-refractivity contribution in [2.75, 3.05) is 11.4 Å². The van der Waals surface area contributed by atoms with Crippen LogP contribution in [0.2, 0.25) is 0 Å². The van der Waals surface area contributed by atoms with Gasteiger partial charge in [-0.25, -0.2) is 22.5 Å². The smallest absolute Gasteiger partial charge is 0.329 e. The number of urea groups is 1. The minimum absolute atomic E-state index is 0.0879. The molecule has 2 fully saturated rings. The van der Waals surface area contributed by atoms with Gasteiger partial charge in [0.2, 0.25) is 10.0 Å². The quantitative estimate of drug-likeness (QED) is 0.680. The molecule has 3 amide bonds. The molecule has 5 rings (SSSR count). The van der Waals surface area contributed by atoms with Crippen LogP contribution in [0.25, 0.3) is 10.8 Å². The second-order valence-corrected chi connectivity index (χ2v) is 9.45. The van der Waals surface area contributed by atoms with E-state index in [1.807, 2.05) is 24.3 Å². The van der Waals surface area contributed by atoms with E-state index in [1.165, 1.54) is 18.2 Å². The number of fused-ring (bicyclic) bond motifs is 2. The zero-order valence-corrected chi connectivity index (χ0v) is 17.0. The molecule has 3 aromatic carbocycles. The van der Waals surface area contributed by atoms with E-state index >= 15 is 0 Å². The Morgan fingerprint density at radius 3 is 2.39 bits per heavy atom. The molecule has 0 bridgehead atoms. The molecule has 7 nitrogen and oxygen atoms in total. The Kier molecular flexibility index (Phi) is 4.53. The van der Waals surface area contributed by atoms with Gasteiger partial charge in [0.1, 0.15) is 11.9 Å². The monoisotopic (exact) mass is 439 g/mol. The molecule has 2 aliphatic rings. The van der Waals surface area contributed by atoms with E-state index < -0.39 is 39.9 Å². The number of nitrogens with zero attached hydrogens (tertiary/aromatic N) is 2. The van der Waals surface area contributed by atoms with Gasteiger partial charge in [0.05, 0.1) is 16.6 Å². The maximum absolute atomic E-state index is 13.4. The van der Waals surface area contributed by atoms with Crippen LogP contribution in [0.15, 0.2) is 71.6 Å². The summed E-state index contributed by atoms with van der Waals surface area (Å²) in [6.07, 6.45) is 0.326. The molecule has 0 unspecified atom stereocenters. The number of hydrogen-bond donors (Lipinski definition) is 1. The molecule has 0 saturated carbocycles. The third kappa shape index (κ3) is 3.17. The summed E-state index contributed by atoms with van der Waals surface area (Å²) in [5, 5.41) is 4.40. The zero-order chi connectivity index (χ0) is 21.8. The average molecular weight is 439 g/mol. The second-order valence-electron chi connectivity index (χ2n) is 7.56. The van der Waals surface area contributed by atoms with Crippen molar-refractivity contribution in [3.05, 3.63) is 72.5 Å². The van der Waals surface area contributed by atoms with Crippen molar-refractivity contribution in [3.63, 3.8) is 0 Å². The minimum Gasteiger partial charge on any atom is -0.332 e. The predicted molar refractivity (Wildman–Crippen MR) is 112 cm³/mol. The molecule has 1 N–H and O–H groups in total. The van der Waals surface area contributed by atoms with E-state index in [4.69, 9.17) is 0 Å². The largest absolute Gasteiger partial charge is 0.332 e. The van der Waals surface area contributed by atoms with E-state index in [0.717, 1.165) is 32.1 Å². The van der Waals surface area contributed by atoms with Crippen molar-refractivity contribution in [1.29, 1.82) is 0 Å². The lowest BCUT2D eigenvalue weighted by Gasteiger charge is -2.36. The summed E-state index contributed by atoms with van der Waals surface area (Å²) in [5.41, 5.74) is 0.178. The standard InChI is InChI=1S/C22H18FN3O4S/c23-16-6-8-17(9-7-16)26-21(27)20-19(24-22(26)28)11-12-25(20)31(29,30)18-10-5-14-3-1-2-4-15(14)13-18/h1-10,13,19-20H,11-12H2,(H,24,28)/t19-,20-/m0/s1. The molecule has 3 aromatic rings. The Bertz CT molecular complexity index is 1310. The van der Waals surface area contributed by atoms with E-state index in [9.17, 15) is 22.4 Å². The number of sulfonamides is 1. The van der Waals surface area contributed by atoms with Crippen LogP contribution in [0.5, 0.6) is 0 Å². The number of carbonyl (C=O) groups is 2. The summed E-state index contributed by atoms with van der Waals surface area (Å²) in [6.45, 7) is 0.105. The molecule has 2 heterocycles. The fraction of sp³-hybridized carbons (Fsp3) is 0.182. The van der Waals surface area contributed by atoms with Crippen LogP contribution < -0.4 is 10.2 Å². The van der Waals surface area contributed by atoms with Gasteiger partial charge in [0.25, 0.3) is 5.91 Å². The SMILES string of the molecule is O=C1N[C@H]2CCN(S(=O)(=O)c3ccc4ccccc4c3)[C@@H]2C(=O)N1c1ccc(F)cc1. The van der Waals surface area contributed by atoms with Gasteiger partial charge in [-0.2, -0.15) is 4.31 Å². The summed E-state index contributed by atoms with van der Waals surface area (Å²) >= 11 is 0. The summed E-state index contributed by atoms with van der Waals surface area (Å²) in [7, 11) is -3.99. The highest BCUT2D eigenvalue weighted by Gasteiger charge is 2.52. The summed E-state index contributed by atoms with van der Waals surface area (Å²) in [4.78, 5) is 26.8. The molecule has 158 valence electrons. The lowest BCUT2D eigenvalue weighted by Crippen LogP contribution is -2.64. The van der Waals surface area contributed by atoms with Crippen LogP contribution in [0.4, 0.5) is 14.9 Å². The van der Waals surface area contributed by atoms with Crippen LogP contribution in [-0.2, 0) is 14.8 Å². The molecule has 0 radical (unpaired) electrons. The van der Waals surface area contributed by atoms with E-state index in [2.05, 4.69) is 5.32 Å². The molecule has 2 atom stereocenters. The number of rotatable bonds is 3. The van der Waals surface area contributed by atoms with E-state index in [1.54, 1.807) is 12.1 Å². The van der Waals surface area contributed by atoms with E-state index in [-0.39, 0.29) is 17.1 Å². The third-order valence-corrected chi connectivity index (χ3v) is 7.63. The summed E-state index contributed by atoms with van der Waals surface area (Å²) in [5.74, 6) is -1.16. The number of anilines is 1. The van der Waals surface area contributed by atoms with Gasteiger partial charge in [0.15, 0.2) is 0 Å². The van der Waals surface area contributed by atoms with Crippen LogP contribution in [0.3, 0.4) is 0 Å². The first-order valence-electron chi connectivity index (χ1n) is 9.77. The Morgan fingerprint density at radius 1 is 0.935 bits per heavy atom. The maximum atomic E-state index is 13.4. The number of nitrogens with one attached hydrogen (secondary N) is 1. The number of carbonyl (C=O) groups excluding carboxylic acids is 2. The highest BCUT2D eigenvalue weighted by atomic mass is 32.2. The van der Waals surface area contributed by atoms with Crippen LogP contribution in [0, 0.1) is 5.82 Å². The lowest BCUT2D eigenvalue weighted by atomic mass is 10.1. The predicted octanol–water partition coefficient (Wildman–Crippen LogP) is 2.87. The van der Waals surface area contributed by atoms with Gasteiger partial charge < -0.3 is 5.32 Å². The minimum atomic E-state index is -3.99. The van der Waals surface area contributed by atoms with Gasteiger partial charge in [0, 0.05) is 6.54 Å². The Balaban J connectivity index is 1.52. The van der Waals surface area contributed by atoms with Crippen LogP contribution in [0.1, 0.15) is 6.42 Å². The van der Waals surface area contributed by atoms with Crippen molar-refractivity contribution in [3.8, 4) is 0 Å². The number of imide groups is 1. The fourth-order valence-corrected chi connectivity index (χ4v) is 5.90. The average Bonchev–Trinajstić information content (AvgIpc) is 3.19. The Morgan fingerprint density at radius 2 is 1.65 bits per heavy atom. The van der Waals surface area contributed by atoms with Gasteiger partial charge in [-0.1, -0.05) is 30.3 Å². The normalized spacial score (nSPS) is 21.9. The van der Waals surface area contributed by atoms with Crippen molar-refractivity contribution in [1.82, 2.24) is 9.62 Å². The highest BCUT2D eigenvalue weighted by molar-refractivity contribution is 7.89. The third-order valence-electron chi connectivity index (χ3n) is 5.75. The van der Waals surface area contributed by atoms with Crippen LogP contribution in [-0.4, -0.2) is 43.3 Å². The molecular formula is C22H18FN3O4S. The fourth-order valence-electron chi connectivity index (χ4n) is 4.23. The first kappa shape index (κ1) is 19.7. The number of benzene rings is 3. The van der Waals surface area contributed by atoms with Crippen molar-refractivity contribution >= 4 is 38.4 Å². The van der Waals surface area contributed by atoms with Crippen molar-refractivity contribution in [2.24, 2.45) is 0 Å². The van der Waals surface area contributed by atoms with E-state index in [0.29, 0.717) is 6.42 Å². The van der Waals surface area contributed by atoms with Crippen LogP contribution >= 0.6 is 0 Å². The molecule has 0 spiro atoms. The highest BCUT2D eigenvalue weighted by Crippen LogP contribution is 2.32. The first-order chi connectivity index (χ1) is 14.9. The van der Waals surface area contributed by atoms with Gasteiger partial charge in [-0.05, 0) is 53.6 Å². The Hall–Kier alpha value is -3.30. The molecule has 31 heavy (non-hydrogen) atoms. The molecule has 2 saturated heterocycles. The van der Waals surface area contributed by atoms with Crippen molar-refractivity contribution < 1.29 is 22.4 Å². The Labute approximate surface area is 178 Å². The van der Waals surface area contributed by atoms with Crippen molar-refractivity contribution in [2.45, 2.75) is 23.4 Å². The molecule has 9 heteroatoms. The number of halogens is 1. The topological polar surface area (TPSA) is 86.8 Å². The van der Waals surface area contributed by atoms with Gasteiger partial charge in [-0.3, -0.25) is 4.79 Å². The van der Waals surface area contributed by atoms with Gasteiger partial charge >= 0.3 is 6.03 Å². The number of hydrogen-bond acceptors (Lipinski definition) is 4. The lowest BCUT2D eigenvalue weighted by molar-refractivity contribution is -0.122. The second kappa shape index (κ2) is 7.14. The zero-order valence-electron chi connectivity index (χ0n) is 16.2. The summed E-state index contributed by atoms with van der Waals surface area (Å²) in [6, 6.07) is 14.8. The molecular weight excluding hydrogens is 421 g/mol. The van der Waals surface area contributed by atoms with Gasteiger partial charge in [-0.15, -0.1) is 0 Å². The molecule has 0 aliphatic carbocycles. The summed E-state index contributed by atoms with van der Waals surface area (Å²) < 4.78 is 41.3. The first-order valence-corrected chi connectivity index (χ1v) is 11.2. The number of amides is 3.